The molecule has 4 N–H and O–H groups in total. The number of ether oxygens (including phenoxy) is 1. The maximum atomic E-state index is 13.0. The van der Waals surface area contributed by atoms with E-state index in [4.69, 9.17) is 9.94 Å². The third-order valence-electron chi connectivity index (χ3n) is 5.31. The minimum atomic E-state index is -0.774. The van der Waals surface area contributed by atoms with Gasteiger partial charge in [-0.05, 0) is 58.3 Å². The number of hydrogen-bond acceptors (Lipinski definition) is 5. The lowest BCUT2D eigenvalue weighted by atomic mass is 9.92. The van der Waals surface area contributed by atoms with Crippen molar-refractivity contribution in [3.05, 3.63) is 81.3 Å². The van der Waals surface area contributed by atoms with Crippen molar-refractivity contribution in [1.82, 2.24) is 5.48 Å². The summed E-state index contributed by atoms with van der Waals surface area (Å²) >= 11 is 6.76. The first-order valence-electron chi connectivity index (χ1n) is 10.5. The van der Waals surface area contributed by atoms with Gasteiger partial charge in [-0.2, -0.15) is 0 Å². The number of amides is 2. The van der Waals surface area contributed by atoms with Gasteiger partial charge >= 0.3 is 6.09 Å². The van der Waals surface area contributed by atoms with Crippen LogP contribution in [0.2, 0.25) is 0 Å². The SMILES string of the molecule is C[C@H](CC/C=C/C(=O)NO)[C@@H](OC(=O)Nc1cccc2ccccc12)c1cc(Br)cc(Br)c1O. The first kappa shape index (κ1) is 25.7. The molecule has 0 aromatic heterocycles. The number of carbonyl (C=O) groups excluding carboxylic acids is 2. The predicted octanol–water partition coefficient (Wildman–Crippen LogP) is 6.84. The molecule has 9 heteroatoms. The largest absolute Gasteiger partial charge is 0.506 e. The average Bonchev–Trinajstić information content (AvgIpc) is 2.82. The number of fused-ring (bicyclic) bond motifs is 1. The van der Waals surface area contributed by atoms with Crippen molar-refractivity contribution >= 4 is 60.3 Å². The number of hydroxylamine groups is 1. The molecule has 0 saturated carbocycles. The Kier molecular flexibility index (Phi) is 9.09. The molecule has 2 atom stereocenters. The molecule has 0 aliphatic carbocycles. The van der Waals surface area contributed by atoms with Gasteiger partial charge in [0.2, 0.25) is 0 Å². The van der Waals surface area contributed by atoms with E-state index in [1.165, 1.54) is 11.6 Å². The Morgan fingerprint density at radius 1 is 1.12 bits per heavy atom. The fourth-order valence-electron chi connectivity index (χ4n) is 3.62. The molecule has 3 rings (SSSR count). The van der Waals surface area contributed by atoms with Gasteiger partial charge in [0.05, 0.1) is 10.2 Å². The van der Waals surface area contributed by atoms with Crippen molar-refractivity contribution in [2.45, 2.75) is 25.9 Å². The number of hydrogen-bond donors (Lipinski definition) is 4. The highest BCUT2D eigenvalue weighted by Crippen LogP contribution is 2.41. The van der Waals surface area contributed by atoms with E-state index in [-0.39, 0.29) is 11.7 Å². The molecule has 0 spiro atoms. The smallest absolute Gasteiger partial charge is 0.412 e. The highest BCUT2D eigenvalue weighted by molar-refractivity contribution is 9.11. The molecule has 0 saturated heterocycles. The van der Waals surface area contributed by atoms with E-state index in [0.717, 1.165) is 10.8 Å². The van der Waals surface area contributed by atoms with Gasteiger partial charge in [-0.3, -0.25) is 15.3 Å². The molecule has 3 aromatic rings. The van der Waals surface area contributed by atoms with Crippen molar-refractivity contribution in [2.75, 3.05) is 5.32 Å². The summed E-state index contributed by atoms with van der Waals surface area (Å²) in [5.74, 6) is -0.858. The number of rotatable bonds is 8. The molecule has 34 heavy (non-hydrogen) atoms. The number of benzene rings is 3. The monoisotopic (exact) mass is 590 g/mol. The number of aromatic hydroxyl groups is 1. The topological polar surface area (TPSA) is 108 Å². The van der Waals surface area contributed by atoms with E-state index in [2.05, 4.69) is 37.2 Å². The van der Waals surface area contributed by atoms with Gasteiger partial charge in [0, 0.05) is 21.5 Å². The van der Waals surface area contributed by atoms with Crippen molar-refractivity contribution in [3.63, 3.8) is 0 Å². The van der Waals surface area contributed by atoms with E-state index in [1.807, 2.05) is 43.3 Å². The molecule has 0 fully saturated rings. The van der Waals surface area contributed by atoms with Crippen LogP contribution in [-0.2, 0) is 9.53 Å². The molecule has 0 heterocycles. The van der Waals surface area contributed by atoms with E-state index in [9.17, 15) is 14.7 Å². The van der Waals surface area contributed by atoms with Crippen LogP contribution in [0, 0.1) is 5.92 Å². The zero-order valence-electron chi connectivity index (χ0n) is 18.3. The quantitative estimate of drug-likeness (QED) is 0.130. The van der Waals surface area contributed by atoms with Crippen LogP contribution in [0.4, 0.5) is 10.5 Å². The summed E-state index contributed by atoms with van der Waals surface area (Å²) in [5.41, 5.74) is 2.60. The van der Waals surface area contributed by atoms with Crippen molar-refractivity contribution in [3.8, 4) is 5.75 Å². The van der Waals surface area contributed by atoms with Crippen LogP contribution in [0.15, 0.2) is 75.7 Å². The van der Waals surface area contributed by atoms with E-state index in [0.29, 0.717) is 33.0 Å². The Hall–Kier alpha value is -2.88. The number of allylic oxidation sites excluding steroid dienone is 1. The maximum absolute atomic E-state index is 13.0. The van der Waals surface area contributed by atoms with Crippen LogP contribution in [0.3, 0.4) is 0 Å². The van der Waals surface area contributed by atoms with Gasteiger partial charge in [-0.25, -0.2) is 10.3 Å². The summed E-state index contributed by atoms with van der Waals surface area (Å²) in [6.45, 7) is 1.89. The average molecular weight is 592 g/mol. The highest BCUT2D eigenvalue weighted by atomic mass is 79.9. The number of anilines is 1. The Labute approximate surface area is 214 Å². The Bertz CT molecular complexity index is 1210. The first-order chi connectivity index (χ1) is 16.3. The molecule has 3 aromatic carbocycles. The number of phenolic OH excluding ortho intramolecular Hbond substituents is 1. The fourth-order valence-corrected chi connectivity index (χ4v) is 4.87. The molecule has 7 nitrogen and oxygen atoms in total. The number of halogens is 2. The third kappa shape index (κ3) is 6.59. The molecule has 0 aliphatic heterocycles. The zero-order chi connectivity index (χ0) is 24.7. The van der Waals surface area contributed by atoms with Crippen LogP contribution in [0.25, 0.3) is 10.8 Å². The van der Waals surface area contributed by atoms with Crippen LogP contribution < -0.4 is 10.8 Å². The summed E-state index contributed by atoms with van der Waals surface area (Å²) in [6.07, 6.45) is 2.46. The fraction of sp³-hybridized carbons (Fsp3) is 0.200. The van der Waals surface area contributed by atoms with Crippen LogP contribution >= 0.6 is 31.9 Å². The lowest BCUT2D eigenvalue weighted by molar-refractivity contribution is -0.124. The molecular weight excluding hydrogens is 568 g/mol. The second-order valence-electron chi connectivity index (χ2n) is 7.74. The van der Waals surface area contributed by atoms with Crippen molar-refractivity contribution < 1.29 is 24.6 Å². The van der Waals surface area contributed by atoms with Gasteiger partial charge < -0.3 is 9.84 Å². The summed E-state index contributed by atoms with van der Waals surface area (Å²) in [7, 11) is 0. The third-order valence-corrected chi connectivity index (χ3v) is 6.37. The Morgan fingerprint density at radius 3 is 2.62 bits per heavy atom. The van der Waals surface area contributed by atoms with Crippen LogP contribution in [0.5, 0.6) is 5.75 Å². The molecule has 0 bridgehead atoms. The van der Waals surface area contributed by atoms with Gasteiger partial charge in [0.15, 0.2) is 0 Å². The highest BCUT2D eigenvalue weighted by Gasteiger charge is 2.27. The standard InChI is InChI=1S/C25H24Br2N2O5/c1-15(7-2-5-12-22(30)29-33)24(19-13-17(26)14-20(27)23(19)31)34-25(32)28-21-11-6-9-16-8-3-4-10-18(16)21/h3-6,8-15,24,31,33H,2,7H2,1H3,(H,28,32)(H,29,30)/b12-5+/t15-,24-/m1/s1. The van der Waals surface area contributed by atoms with Gasteiger partial charge in [0.25, 0.3) is 5.91 Å². The zero-order valence-corrected chi connectivity index (χ0v) is 21.5. The van der Waals surface area contributed by atoms with Crippen molar-refractivity contribution in [2.24, 2.45) is 5.92 Å². The molecule has 178 valence electrons. The maximum Gasteiger partial charge on any atom is 0.412 e. The predicted molar refractivity (Wildman–Crippen MR) is 138 cm³/mol. The number of carbonyl (C=O) groups is 2. The summed E-state index contributed by atoms with van der Waals surface area (Å²) in [6, 6.07) is 16.7. The normalized spacial score (nSPS) is 12.9. The number of nitrogens with one attached hydrogen (secondary N) is 2. The van der Waals surface area contributed by atoms with Gasteiger partial charge in [-0.1, -0.05) is 65.3 Å². The van der Waals surface area contributed by atoms with Crippen LogP contribution in [0.1, 0.15) is 31.4 Å². The summed E-state index contributed by atoms with van der Waals surface area (Å²) in [4.78, 5) is 24.1. The van der Waals surface area contributed by atoms with E-state index >= 15 is 0 Å². The van der Waals surface area contributed by atoms with E-state index < -0.39 is 18.1 Å². The number of phenols is 1. The molecular formula is C25H24Br2N2O5. The second-order valence-corrected chi connectivity index (χ2v) is 9.51. The lowest BCUT2D eigenvalue weighted by Gasteiger charge is -2.26. The van der Waals surface area contributed by atoms with E-state index in [1.54, 1.807) is 24.3 Å². The molecule has 0 aliphatic rings. The van der Waals surface area contributed by atoms with Crippen molar-refractivity contribution in [1.29, 1.82) is 0 Å². The van der Waals surface area contributed by atoms with Gasteiger partial charge in [-0.15, -0.1) is 0 Å². The summed E-state index contributed by atoms with van der Waals surface area (Å²) in [5, 5.41) is 24.0. The minimum Gasteiger partial charge on any atom is -0.506 e. The lowest BCUT2D eigenvalue weighted by Crippen LogP contribution is -2.22. The molecule has 2 amide bonds. The molecule has 0 unspecified atom stereocenters. The first-order valence-corrected chi connectivity index (χ1v) is 12.1. The minimum absolute atomic E-state index is 0.0202. The Balaban J connectivity index is 1.83. The van der Waals surface area contributed by atoms with Crippen LogP contribution in [-0.4, -0.2) is 22.3 Å². The second kappa shape index (κ2) is 12.0. The van der Waals surface area contributed by atoms with Gasteiger partial charge in [0.1, 0.15) is 11.9 Å². The summed E-state index contributed by atoms with van der Waals surface area (Å²) < 4.78 is 7.02. The molecule has 0 radical (unpaired) electrons. The Morgan fingerprint density at radius 2 is 1.85 bits per heavy atom.